The lowest BCUT2D eigenvalue weighted by Crippen LogP contribution is -1.92. The Kier molecular flexibility index (Phi) is 4.81. The minimum atomic E-state index is 0.590. The Balaban J connectivity index is 2.12. The lowest BCUT2D eigenvalue weighted by Gasteiger charge is -2.12. The summed E-state index contributed by atoms with van der Waals surface area (Å²) in [6.07, 6.45) is 2.17. The molecule has 0 heterocycles. The van der Waals surface area contributed by atoms with Crippen LogP contribution < -0.4 is 0 Å². The standard InChI is InChI=1S/C15H18S2/c1-12(17-10-9-16-2)14-8-7-13-5-3-4-6-15(13)11-14/h3-8,11-12H,9-10H2,1-2H3. The molecule has 17 heavy (non-hydrogen) atoms. The zero-order valence-electron chi connectivity index (χ0n) is 10.3. The lowest BCUT2D eigenvalue weighted by molar-refractivity contribution is 1.10. The van der Waals surface area contributed by atoms with Crippen molar-refractivity contribution >= 4 is 34.3 Å². The second-order valence-corrected chi connectivity index (χ2v) is 6.55. The molecular formula is C15H18S2. The first-order valence-electron chi connectivity index (χ1n) is 5.90. The van der Waals surface area contributed by atoms with Crippen LogP contribution >= 0.6 is 23.5 Å². The average Bonchev–Trinajstić information content (AvgIpc) is 2.38. The molecule has 0 aliphatic carbocycles. The first-order valence-corrected chi connectivity index (χ1v) is 8.35. The van der Waals surface area contributed by atoms with Crippen molar-refractivity contribution in [1.29, 1.82) is 0 Å². The van der Waals surface area contributed by atoms with E-state index in [-0.39, 0.29) is 0 Å². The van der Waals surface area contributed by atoms with Gasteiger partial charge < -0.3 is 0 Å². The van der Waals surface area contributed by atoms with E-state index in [0.29, 0.717) is 5.25 Å². The van der Waals surface area contributed by atoms with Gasteiger partial charge in [0.05, 0.1) is 0 Å². The lowest BCUT2D eigenvalue weighted by atomic mass is 10.1. The van der Waals surface area contributed by atoms with Gasteiger partial charge in [-0.2, -0.15) is 23.5 Å². The Morgan fingerprint density at radius 3 is 2.53 bits per heavy atom. The Bertz CT molecular complexity index is 479. The van der Waals surface area contributed by atoms with Crippen molar-refractivity contribution in [2.24, 2.45) is 0 Å². The van der Waals surface area contributed by atoms with Gasteiger partial charge in [0.15, 0.2) is 0 Å². The summed E-state index contributed by atoms with van der Waals surface area (Å²) in [7, 11) is 0. The van der Waals surface area contributed by atoms with Gasteiger partial charge in [0.25, 0.3) is 0 Å². The first kappa shape index (κ1) is 12.8. The highest BCUT2D eigenvalue weighted by atomic mass is 32.2. The summed E-state index contributed by atoms with van der Waals surface area (Å²) in [5, 5.41) is 3.27. The normalized spacial score (nSPS) is 12.8. The highest BCUT2D eigenvalue weighted by Crippen LogP contribution is 2.30. The van der Waals surface area contributed by atoms with Gasteiger partial charge in [-0.15, -0.1) is 0 Å². The third-order valence-corrected chi connectivity index (χ3v) is 4.98. The van der Waals surface area contributed by atoms with E-state index >= 15 is 0 Å². The van der Waals surface area contributed by atoms with Gasteiger partial charge in [0.2, 0.25) is 0 Å². The molecule has 0 aromatic heterocycles. The summed E-state index contributed by atoms with van der Waals surface area (Å²) in [6, 6.07) is 15.4. The van der Waals surface area contributed by atoms with Crippen LogP contribution in [0.1, 0.15) is 17.7 Å². The third kappa shape index (κ3) is 3.43. The van der Waals surface area contributed by atoms with Crippen LogP contribution in [-0.2, 0) is 0 Å². The van der Waals surface area contributed by atoms with Crippen LogP contribution in [0.15, 0.2) is 42.5 Å². The van der Waals surface area contributed by atoms with Crippen LogP contribution in [0.4, 0.5) is 0 Å². The number of hydrogen-bond acceptors (Lipinski definition) is 2. The zero-order chi connectivity index (χ0) is 12.1. The summed E-state index contributed by atoms with van der Waals surface area (Å²) < 4.78 is 0. The summed E-state index contributed by atoms with van der Waals surface area (Å²) in [4.78, 5) is 0. The number of benzene rings is 2. The molecule has 2 aromatic rings. The fourth-order valence-corrected chi connectivity index (χ4v) is 3.61. The molecule has 0 fully saturated rings. The molecule has 2 rings (SSSR count). The smallest absolute Gasteiger partial charge is 0.0269 e. The maximum atomic E-state index is 2.33. The molecule has 2 aromatic carbocycles. The molecule has 0 radical (unpaired) electrons. The molecule has 0 saturated carbocycles. The van der Waals surface area contributed by atoms with Gasteiger partial charge >= 0.3 is 0 Å². The minimum absolute atomic E-state index is 0.590. The van der Waals surface area contributed by atoms with Crippen molar-refractivity contribution in [3.05, 3.63) is 48.0 Å². The molecule has 0 aliphatic heterocycles. The van der Waals surface area contributed by atoms with Crippen molar-refractivity contribution in [1.82, 2.24) is 0 Å². The van der Waals surface area contributed by atoms with E-state index in [2.05, 4.69) is 55.6 Å². The Labute approximate surface area is 112 Å². The van der Waals surface area contributed by atoms with Crippen molar-refractivity contribution in [2.75, 3.05) is 17.8 Å². The van der Waals surface area contributed by atoms with Gasteiger partial charge in [0.1, 0.15) is 0 Å². The van der Waals surface area contributed by atoms with Crippen LogP contribution in [0, 0.1) is 0 Å². The molecule has 0 bridgehead atoms. The molecular weight excluding hydrogens is 244 g/mol. The largest absolute Gasteiger partial charge is 0.165 e. The Morgan fingerprint density at radius 2 is 1.76 bits per heavy atom. The van der Waals surface area contributed by atoms with Crippen molar-refractivity contribution < 1.29 is 0 Å². The average molecular weight is 262 g/mol. The second-order valence-electron chi connectivity index (χ2n) is 4.11. The van der Waals surface area contributed by atoms with Gasteiger partial charge in [-0.1, -0.05) is 42.5 Å². The maximum Gasteiger partial charge on any atom is 0.0269 e. The van der Waals surface area contributed by atoms with Crippen molar-refractivity contribution in [3.63, 3.8) is 0 Å². The van der Waals surface area contributed by atoms with E-state index in [1.807, 2.05) is 23.5 Å². The van der Waals surface area contributed by atoms with Crippen LogP contribution in [0.3, 0.4) is 0 Å². The van der Waals surface area contributed by atoms with Crippen LogP contribution in [-0.4, -0.2) is 17.8 Å². The predicted molar refractivity (Wildman–Crippen MR) is 83.2 cm³/mol. The Morgan fingerprint density at radius 1 is 1.00 bits per heavy atom. The molecule has 2 heteroatoms. The molecule has 0 amide bonds. The quantitative estimate of drug-likeness (QED) is 0.696. The SMILES string of the molecule is CSCCSC(C)c1ccc2ccccc2c1. The number of thioether (sulfide) groups is 2. The molecule has 0 saturated heterocycles. The topological polar surface area (TPSA) is 0 Å². The van der Waals surface area contributed by atoms with Crippen LogP contribution in [0.5, 0.6) is 0 Å². The van der Waals surface area contributed by atoms with Crippen LogP contribution in [0.25, 0.3) is 10.8 Å². The molecule has 1 atom stereocenters. The fourth-order valence-electron chi connectivity index (χ4n) is 1.87. The summed E-state index contributed by atoms with van der Waals surface area (Å²) in [5.74, 6) is 2.47. The summed E-state index contributed by atoms with van der Waals surface area (Å²) in [5.41, 5.74) is 1.44. The highest BCUT2D eigenvalue weighted by molar-refractivity contribution is 8.02. The van der Waals surface area contributed by atoms with E-state index in [9.17, 15) is 0 Å². The fraction of sp³-hybridized carbons (Fsp3) is 0.333. The summed E-state index contributed by atoms with van der Waals surface area (Å²) in [6.45, 7) is 2.30. The summed E-state index contributed by atoms with van der Waals surface area (Å²) >= 11 is 3.96. The van der Waals surface area contributed by atoms with Gasteiger partial charge in [-0.25, -0.2) is 0 Å². The van der Waals surface area contributed by atoms with Gasteiger partial charge in [-0.05, 0) is 29.5 Å². The van der Waals surface area contributed by atoms with E-state index < -0.39 is 0 Å². The second kappa shape index (κ2) is 6.36. The zero-order valence-corrected chi connectivity index (χ0v) is 12.0. The minimum Gasteiger partial charge on any atom is -0.165 e. The van der Waals surface area contributed by atoms with Gasteiger partial charge in [0, 0.05) is 16.8 Å². The van der Waals surface area contributed by atoms with E-state index in [0.717, 1.165) is 0 Å². The first-order chi connectivity index (χ1) is 8.31. The molecule has 0 N–H and O–H groups in total. The maximum absolute atomic E-state index is 2.33. The number of hydrogen-bond donors (Lipinski definition) is 0. The van der Waals surface area contributed by atoms with Crippen molar-refractivity contribution in [2.45, 2.75) is 12.2 Å². The molecule has 90 valence electrons. The van der Waals surface area contributed by atoms with Crippen molar-refractivity contribution in [3.8, 4) is 0 Å². The molecule has 1 unspecified atom stereocenters. The Hall–Kier alpha value is -0.600. The van der Waals surface area contributed by atoms with E-state index in [4.69, 9.17) is 0 Å². The van der Waals surface area contributed by atoms with E-state index in [1.165, 1.54) is 27.8 Å². The number of fused-ring (bicyclic) bond motifs is 1. The molecule has 0 nitrogen and oxygen atoms in total. The third-order valence-electron chi connectivity index (χ3n) is 2.90. The number of rotatable bonds is 5. The predicted octanol–water partition coefficient (Wildman–Crippen LogP) is 5.00. The molecule has 0 aliphatic rings. The monoisotopic (exact) mass is 262 g/mol. The molecule has 0 spiro atoms. The van der Waals surface area contributed by atoms with Gasteiger partial charge in [-0.3, -0.25) is 0 Å². The van der Waals surface area contributed by atoms with E-state index in [1.54, 1.807) is 0 Å². The highest BCUT2D eigenvalue weighted by Gasteiger charge is 2.06. The van der Waals surface area contributed by atoms with Crippen LogP contribution in [0.2, 0.25) is 0 Å².